The summed E-state index contributed by atoms with van der Waals surface area (Å²) in [5, 5.41) is 16.0. The lowest BCUT2D eigenvalue weighted by atomic mass is 10.1. The summed E-state index contributed by atoms with van der Waals surface area (Å²) in [4.78, 5) is 43.2. The number of hydrogen-bond acceptors (Lipinski definition) is 12. The van der Waals surface area contributed by atoms with Gasteiger partial charge in [0.1, 0.15) is 33.9 Å². The van der Waals surface area contributed by atoms with E-state index < -0.39 is 0 Å². The number of amidine groups is 2. The monoisotopic (exact) mass is 896 g/mol. The van der Waals surface area contributed by atoms with Gasteiger partial charge in [-0.05, 0) is 90.0 Å². The van der Waals surface area contributed by atoms with Crippen LogP contribution in [0.15, 0.2) is 58.8 Å². The van der Waals surface area contributed by atoms with E-state index in [2.05, 4.69) is 30.2 Å². The van der Waals surface area contributed by atoms with E-state index in [1.54, 1.807) is 45.0 Å². The summed E-state index contributed by atoms with van der Waals surface area (Å²) in [6.07, 6.45) is 3.21. The maximum absolute atomic E-state index is 11.5. The predicted octanol–water partition coefficient (Wildman–Crippen LogP) is 8.47. The summed E-state index contributed by atoms with van der Waals surface area (Å²) in [5.74, 6) is 1.99. The van der Waals surface area contributed by atoms with Gasteiger partial charge < -0.3 is 31.0 Å². The van der Waals surface area contributed by atoms with Crippen LogP contribution in [0.5, 0.6) is 11.8 Å². The SMILES string of the molecule is C.Cc1nc(C)c(Cl)c(O[C@@H](C)c2ccc(/C(N)=N/O)cc2)n1.Cc1nc(C)c(Cl)c(O[C@@H](C)c2ccc(/C(N)=N/OC(=O)C3CC3)cc2)n1.O=C(Cl)C1CC1.S.S. The molecular formula is C39H51Cl3N8O6S2. The maximum Gasteiger partial charge on any atom is 0.338 e. The number of aromatic nitrogens is 4. The fourth-order valence-corrected chi connectivity index (χ4v) is 5.20. The number of hydrogen-bond donors (Lipinski definition) is 3. The minimum atomic E-state index is -0.330. The zero-order chi connectivity index (χ0) is 40.4. The zero-order valence-corrected chi connectivity index (χ0v) is 36.5. The van der Waals surface area contributed by atoms with Gasteiger partial charge in [-0.3, -0.25) is 4.79 Å². The van der Waals surface area contributed by atoms with Crippen LogP contribution in [0, 0.1) is 39.5 Å². The van der Waals surface area contributed by atoms with Crippen LogP contribution in [-0.2, 0) is 14.4 Å². The Labute approximate surface area is 368 Å². The predicted molar refractivity (Wildman–Crippen MR) is 237 cm³/mol. The number of carbonyl (C=O) groups is 2. The second-order valence-corrected chi connectivity index (χ2v) is 14.1. The van der Waals surface area contributed by atoms with Gasteiger partial charge in [-0.25, -0.2) is 14.8 Å². The largest absolute Gasteiger partial charge is 0.469 e. The van der Waals surface area contributed by atoms with Crippen LogP contribution >= 0.6 is 61.8 Å². The van der Waals surface area contributed by atoms with Crippen molar-refractivity contribution in [2.45, 2.75) is 86.9 Å². The Balaban J connectivity index is 0.000000490. The Morgan fingerprint density at radius 3 is 1.41 bits per heavy atom. The third-order valence-electron chi connectivity index (χ3n) is 8.28. The number of aryl methyl sites for hydroxylation is 4. The molecule has 2 aliphatic carbocycles. The van der Waals surface area contributed by atoms with Crippen molar-refractivity contribution in [3.63, 3.8) is 0 Å². The summed E-state index contributed by atoms with van der Waals surface area (Å²) in [5.41, 5.74) is 15.9. The molecule has 0 spiro atoms. The normalized spacial score (nSPS) is 14.2. The number of benzene rings is 2. The van der Waals surface area contributed by atoms with E-state index in [9.17, 15) is 9.59 Å². The Kier molecular flexibility index (Phi) is 21.3. The molecule has 4 aromatic rings. The van der Waals surface area contributed by atoms with Crippen molar-refractivity contribution in [3.8, 4) is 11.8 Å². The third-order valence-corrected chi connectivity index (χ3v) is 9.45. The molecule has 0 bridgehead atoms. The standard InChI is InChI=1S/C19H21ClN4O3.C15H17ClN4O2.C4H5ClO.CH4.2H2S/c1-10-16(20)18(23-12(3)22-10)26-11(2)13-4-6-14(7-5-13)17(21)24-27-19(25)15-8-9-15;1-8-13(16)15(19-10(3)18-8)22-9(2)11-4-6-12(7-5-11)14(17)20-21;5-4(6)3-1-2-3;;;/h4-7,11,15H,8-9H2,1-3H3,(H2,21,24);4-7,9,21H,1-3H3,(H2,17,20);3H,1-2H2;1H4;2*1H2/t11-;9-;;;;/m00..../s1. The van der Waals surface area contributed by atoms with E-state index in [1.165, 1.54) is 0 Å². The lowest BCUT2D eigenvalue weighted by Crippen LogP contribution is -2.16. The highest BCUT2D eigenvalue weighted by Gasteiger charge is 2.32. The smallest absolute Gasteiger partial charge is 0.338 e. The molecule has 14 nitrogen and oxygen atoms in total. The molecule has 0 amide bonds. The van der Waals surface area contributed by atoms with Crippen LogP contribution in [0.1, 0.15) is 104 Å². The Hall–Kier alpha value is -4.35. The van der Waals surface area contributed by atoms with Gasteiger partial charge in [0.2, 0.25) is 17.0 Å². The number of ether oxygens (including phenoxy) is 2. The summed E-state index contributed by atoms with van der Waals surface area (Å²) >= 11 is 17.4. The average molecular weight is 898 g/mol. The molecule has 2 fully saturated rings. The first kappa shape index (κ1) is 51.7. The molecule has 5 N–H and O–H groups in total. The molecule has 58 heavy (non-hydrogen) atoms. The van der Waals surface area contributed by atoms with Crippen LogP contribution in [0.4, 0.5) is 0 Å². The highest BCUT2D eigenvalue weighted by Crippen LogP contribution is 2.32. The molecule has 6 rings (SSSR count). The first-order valence-electron chi connectivity index (χ1n) is 17.3. The molecule has 2 aromatic heterocycles. The minimum absolute atomic E-state index is 0. The average Bonchev–Trinajstić information content (AvgIpc) is 4.09. The van der Waals surface area contributed by atoms with Crippen LogP contribution in [0.3, 0.4) is 0 Å². The number of nitrogens with two attached hydrogens (primary N) is 2. The van der Waals surface area contributed by atoms with E-state index >= 15 is 0 Å². The van der Waals surface area contributed by atoms with Gasteiger partial charge in [-0.15, -0.1) is 0 Å². The Morgan fingerprint density at radius 1 is 0.707 bits per heavy atom. The van der Waals surface area contributed by atoms with Gasteiger partial charge in [0, 0.05) is 17.0 Å². The second kappa shape index (κ2) is 23.9. The van der Waals surface area contributed by atoms with Gasteiger partial charge in [0.05, 0.1) is 17.3 Å². The number of carbonyl (C=O) groups excluding carboxylic acids is 2. The number of nitrogens with zero attached hydrogens (tertiary/aromatic N) is 6. The van der Waals surface area contributed by atoms with Crippen molar-refractivity contribution in [1.82, 2.24) is 19.9 Å². The van der Waals surface area contributed by atoms with E-state index in [1.807, 2.05) is 45.0 Å². The molecule has 0 aliphatic heterocycles. The molecule has 0 radical (unpaired) electrons. The van der Waals surface area contributed by atoms with Gasteiger partial charge in [0.25, 0.3) is 0 Å². The molecule has 316 valence electrons. The molecule has 0 saturated heterocycles. The molecule has 0 unspecified atom stereocenters. The molecule has 19 heteroatoms. The molecule has 2 saturated carbocycles. The summed E-state index contributed by atoms with van der Waals surface area (Å²) in [6, 6.07) is 14.5. The fourth-order valence-electron chi connectivity index (χ4n) is 4.72. The molecule has 2 heterocycles. The quantitative estimate of drug-likeness (QED) is 0.0323. The zero-order valence-electron chi connectivity index (χ0n) is 32.2. The van der Waals surface area contributed by atoms with Crippen molar-refractivity contribution in [2.75, 3.05) is 0 Å². The van der Waals surface area contributed by atoms with E-state index in [-0.39, 0.29) is 81.3 Å². The lowest BCUT2D eigenvalue weighted by Gasteiger charge is -2.16. The summed E-state index contributed by atoms with van der Waals surface area (Å²) < 4.78 is 11.7. The summed E-state index contributed by atoms with van der Waals surface area (Å²) in [6.45, 7) is 11.0. The van der Waals surface area contributed by atoms with Crippen LogP contribution in [0.2, 0.25) is 10.0 Å². The van der Waals surface area contributed by atoms with E-state index in [4.69, 9.17) is 65.8 Å². The van der Waals surface area contributed by atoms with Gasteiger partial charge in [0.15, 0.2) is 11.7 Å². The molecule has 2 aliphatic rings. The minimum Gasteiger partial charge on any atom is -0.469 e. The van der Waals surface area contributed by atoms with Crippen LogP contribution in [-0.4, -0.2) is 48.0 Å². The molecule has 2 aromatic carbocycles. The van der Waals surface area contributed by atoms with Gasteiger partial charge >= 0.3 is 5.97 Å². The van der Waals surface area contributed by atoms with Crippen molar-refractivity contribution in [1.29, 1.82) is 0 Å². The molecule has 2 atom stereocenters. The Bertz CT molecular complexity index is 2050. The highest BCUT2D eigenvalue weighted by molar-refractivity contribution is 7.59. The van der Waals surface area contributed by atoms with Gasteiger partial charge in [-0.2, -0.15) is 37.0 Å². The summed E-state index contributed by atoms with van der Waals surface area (Å²) in [7, 11) is 0. The van der Waals surface area contributed by atoms with Crippen LogP contribution in [0.25, 0.3) is 0 Å². The highest BCUT2D eigenvalue weighted by atomic mass is 35.5. The first-order chi connectivity index (χ1) is 26.1. The first-order valence-corrected chi connectivity index (χ1v) is 18.5. The maximum atomic E-state index is 11.5. The van der Waals surface area contributed by atoms with Crippen molar-refractivity contribution >= 4 is 84.7 Å². The topological polar surface area (TPSA) is 210 Å². The van der Waals surface area contributed by atoms with Crippen molar-refractivity contribution in [3.05, 3.63) is 104 Å². The number of rotatable bonds is 11. The van der Waals surface area contributed by atoms with Gasteiger partial charge in [-0.1, -0.05) is 89.5 Å². The van der Waals surface area contributed by atoms with Crippen molar-refractivity contribution in [2.24, 2.45) is 33.6 Å². The third kappa shape index (κ3) is 15.4. The van der Waals surface area contributed by atoms with Crippen LogP contribution < -0.4 is 20.9 Å². The molecular weight excluding hydrogens is 847 g/mol. The number of oxime groups is 2. The van der Waals surface area contributed by atoms with E-state index in [0.717, 1.165) is 36.8 Å². The second-order valence-electron chi connectivity index (χ2n) is 12.9. The number of halogens is 3. The van der Waals surface area contributed by atoms with Crippen molar-refractivity contribution < 1.29 is 29.1 Å². The van der Waals surface area contributed by atoms with E-state index in [0.29, 0.717) is 56.0 Å². The lowest BCUT2D eigenvalue weighted by molar-refractivity contribution is -0.145. The Morgan fingerprint density at radius 2 is 1.09 bits per heavy atom. The fraction of sp³-hybridized carbons (Fsp3) is 0.385.